The maximum absolute atomic E-state index is 7.75. The molecule has 1 aromatic carbocycles. The van der Waals surface area contributed by atoms with Gasteiger partial charge in [0.15, 0.2) is 0 Å². The molecule has 0 fully saturated rings. The predicted octanol–water partition coefficient (Wildman–Crippen LogP) is 28.0. The fourth-order valence-electron chi connectivity index (χ4n) is 14.5. The van der Waals surface area contributed by atoms with Crippen LogP contribution in [0.5, 0.6) is 11.5 Å². The highest BCUT2D eigenvalue weighted by Crippen LogP contribution is 2.61. The first-order valence-electron chi connectivity index (χ1n) is 36.6. The standard InChI is InChI=1S/C76H132O2S2/c1-5-9-13-17-21-25-29-33-37-41-45-49-53-59-75(60-54-50-46-42-38-34-30-26-22-18-14-10-6-2)69-57-63-79-73(69)67-66-72-68(65-71(67)77-75)74-70(58-64-80-74)76(78-72,61-55-51-47-43-39-35-31-27-23-19-15-11-7-3)62-56-52-48-44-40-36-32-28-24-20-16-12-8-4/h57-58,63-66,69,73H,5-56,59-62H2,1-4H3. The average molecular weight is 1140 g/mol. The topological polar surface area (TPSA) is 18.5 Å². The first kappa shape index (κ1) is 69.4. The summed E-state index contributed by atoms with van der Waals surface area (Å²) in [5.41, 5.74) is 3.86. The van der Waals surface area contributed by atoms with Crippen LogP contribution in [0.3, 0.4) is 0 Å². The summed E-state index contributed by atoms with van der Waals surface area (Å²) in [6, 6.07) is 7.50. The molecule has 4 heteroatoms. The SMILES string of the molecule is CCCCCCCCCCCCCCCC1(CCCCCCCCCCCCCCC)Oc2cc3c(cc2-c2sccc21)OC(CCCCCCCCCCCCCCC)(CCCCCCCCCCCCCCC)C1C=CSC31. The minimum Gasteiger partial charge on any atom is -0.486 e. The third-order valence-electron chi connectivity index (χ3n) is 19.7. The van der Waals surface area contributed by atoms with Gasteiger partial charge in [-0.1, -0.05) is 342 Å². The molecule has 0 radical (unpaired) electrons. The third kappa shape index (κ3) is 26.5. The van der Waals surface area contributed by atoms with Crippen molar-refractivity contribution in [2.75, 3.05) is 0 Å². The van der Waals surface area contributed by atoms with Crippen molar-refractivity contribution in [2.45, 2.75) is 404 Å². The Kier molecular flexibility index (Phi) is 39.0. The smallest absolute Gasteiger partial charge is 0.135 e. The Morgan fingerprint density at radius 3 is 1.04 bits per heavy atom. The molecule has 0 spiro atoms. The van der Waals surface area contributed by atoms with E-state index in [4.69, 9.17) is 9.47 Å². The second-order valence-corrected chi connectivity index (χ2v) is 28.7. The Hall–Kier alpha value is -1.39. The lowest BCUT2D eigenvalue weighted by molar-refractivity contribution is -0.00942. The molecule has 1 aromatic heterocycles. The second-order valence-electron chi connectivity index (χ2n) is 26.7. The van der Waals surface area contributed by atoms with Crippen molar-refractivity contribution in [2.24, 2.45) is 5.92 Å². The minimum atomic E-state index is -0.228. The Bertz CT molecular complexity index is 1730. The summed E-state index contributed by atoms with van der Waals surface area (Å²) < 4.78 is 15.5. The number of ether oxygens (including phenoxy) is 2. The number of fused-ring (bicyclic) bond motifs is 6. The average Bonchev–Trinajstić information content (AvgIpc) is 4.21. The molecule has 2 aromatic rings. The predicted molar refractivity (Wildman–Crippen MR) is 360 cm³/mol. The lowest BCUT2D eigenvalue weighted by Crippen LogP contribution is -2.47. The quantitative estimate of drug-likeness (QED) is 0.0615. The van der Waals surface area contributed by atoms with Crippen LogP contribution < -0.4 is 9.47 Å². The summed E-state index contributed by atoms with van der Waals surface area (Å²) in [5.74, 6) is 2.75. The Morgan fingerprint density at radius 2 is 0.688 bits per heavy atom. The third-order valence-corrected chi connectivity index (χ3v) is 21.8. The van der Waals surface area contributed by atoms with Crippen molar-refractivity contribution < 1.29 is 9.47 Å². The molecule has 460 valence electrons. The highest BCUT2D eigenvalue weighted by atomic mass is 32.2. The number of unbranched alkanes of at least 4 members (excludes halogenated alkanes) is 48. The van der Waals surface area contributed by atoms with Gasteiger partial charge >= 0.3 is 0 Å². The van der Waals surface area contributed by atoms with Crippen LogP contribution in [0, 0.1) is 5.92 Å². The Balaban J connectivity index is 1.22. The number of benzene rings is 1. The van der Waals surface area contributed by atoms with Gasteiger partial charge in [-0.25, -0.2) is 0 Å². The highest BCUT2D eigenvalue weighted by Gasteiger charge is 2.51. The number of hydrogen-bond donors (Lipinski definition) is 0. The fraction of sp³-hybridized carbons (Fsp3) is 0.842. The van der Waals surface area contributed by atoms with Crippen LogP contribution in [0.15, 0.2) is 35.1 Å². The zero-order chi connectivity index (χ0) is 56.3. The van der Waals surface area contributed by atoms with Gasteiger partial charge in [0.05, 0.1) is 0 Å². The number of thiophene rings is 1. The van der Waals surface area contributed by atoms with Crippen LogP contribution in [-0.4, -0.2) is 5.60 Å². The zero-order valence-electron chi connectivity index (χ0n) is 53.8. The molecule has 3 aliphatic heterocycles. The van der Waals surface area contributed by atoms with Gasteiger partial charge < -0.3 is 9.47 Å². The van der Waals surface area contributed by atoms with Crippen LogP contribution in [0.1, 0.15) is 404 Å². The van der Waals surface area contributed by atoms with E-state index in [0.29, 0.717) is 11.2 Å². The van der Waals surface area contributed by atoms with E-state index in [1.54, 1.807) is 0 Å². The summed E-state index contributed by atoms with van der Waals surface area (Å²) in [7, 11) is 0. The molecule has 0 N–H and O–H groups in total. The van der Waals surface area contributed by atoms with E-state index >= 15 is 0 Å². The van der Waals surface area contributed by atoms with Crippen LogP contribution >= 0.6 is 23.1 Å². The van der Waals surface area contributed by atoms with Crippen LogP contribution in [-0.2, 0) is 5.60 Å². The van der Waals surface area contributed by atoms with Gasteiger partial charge in [0, 0.05) is 32.7 Å². The van der Waals surface area contributed by atoms with E-state index < -0.39 is 0 Å². The van der Waals surface area contributed by atoms with Crippen molar-refractivity contribution in [3.63, 3.8) is 0 Å². The number of thioether (sulfide) groups is 1. The summed E-state index contributed by atoms with van der Waals surface area (Å²) in [5, 5.41) is 5.27. The lowest BCUT2D eigenvalue weighted by Gasteiger charge is -2.47. The summed E-state index contributed by atoms with van der Waals surface area (Å²) in [6.45, 7) is 9.30. The number of rotatable bonds is 56. The van der Waals surface area contributed by atoms with Gasteiger partial charge in [0.2, 0.25) is 0 Å². The van der Waals surface area contributed by atoms with Gasteiger partial charge in [0.25, 0.3) is 0 Å². The summed E-state index contributed by atoms with van der Waals surface area (Å²) >= 11 is 4.06. The van der Waals surface area contributed by atoms with E-state index in [1.165, 1.54) is 374 Å². The molecule has 3 aliphatic rings. The normalized spacial score (nSPS) is 16.6. The van der Waals surface area contributed by atoms with E-state index in [2.05, 4.69) is 74.5 Å². The zero-order valence-corrected chi connectivity index (χ0v) is 55.5. The largest absolute Gasteiger partial charge is 0.486 e. The van der Waals surface area contributed by atoms with Gasteiger partial charge in [-0.2, -0.15) is 0 Å². The van der Waals surface area contributed by atoms with E-state index in [-0.39, 0.29) is 11.2 Å². The van der Waals surface area contributed by atoms with E-state index in [1.807, 2.05) is 11.3 Å². The van der Waals surface area contributed by atoms with Crippen molar-refractivity contribution in [3.8, 4) is 21.9 Å². The van der Waals surface area contributed by atoms with Crippen LogP contribution in [0.2, 0.25) is 0 Å². The fourth-order valence-corrected chi connectivity index (χ4v) is 16.8. The van der Waals surface area contributed by atoms with Crippen molar-refractivity contribution in [1.82, 2.24) is 0 Å². The molecule has 4 heterocycles. The van der Waals surface area contributed by atoms with Crippen molar-refractivity contribution in [1.29, 1.82) is 0 Å². The minimum absolute atomic E-state index is 0.124. The summed E-state index contributed by atoms with van der Waals surface area (Å²) in [4.78, 5) is 1.47. The summed E-state index contributed by atoms with van der Waals surface area (Å²) in [6.07, 6.45) is 80.2. The van der Waals surface area contributed by atoms with E-state index in [0.717, 1.165) is 18.6 Å². The molecule has 5 rings (SSSR count). The monoisotopic (exact) mass is 1140 g/mol. The maximum Gasteiger partial charge on any atom is 0.135 e. The molecule has 2 unspecified atom stereocenters. The molecule has 0 amide bonds. The van der Waals surface area contributed by atoms with Gasteiger partial charge in [-0.3, -0.25) is 0 Å². The molecule has 0 saturated carbocycles. The van der Waals surface area contributed by atoms with Crippen LogP contribution in [0.25, 0.3) is 10.4 Å². The van der Waals surface area contributed by atoms with Crippen LogP contribution in [0.4, 0.5) is 0 Å². The maximum atomic E-state index is 7.75. The van der Waals surface area contributed by atoms with E-state index in [9.17, 15) is 0 Å². The van der Waals surface area contributed by atoms with Crippen molar-refractivity contribution >= 4 is 23.1 Å². The molecule has 2 nitrogen and oxygen atoms in total. The second kappa shape index (κ2) is 45.0. The molecular formula is C76H132O2S2. The first-order chi connectivity index (χ1) is 39.6. The molecular weight excluding hydrogens is 1010 g/mol. The first-order valence-corrected chi connectivity index (χ1v) is 38.4. The van der Waals surface area contributed by atoms with Gasteiger partial charge in [0.1, 0.15) is 22.7 Å². The molecule has 0 saturated heterocycles. The molecule has 2 atom stereocenters. The highest BCUT2D eigenvalue weighted by molar-refractivity contribution is 8.02. The van der Waals surface area contributed by atoms with Crippen molar-refractivity contribution in [3.05, 3.63) is 46.2 Å². The number of hydrogen-bond acceptors (Lipinski definition) is 4. The molecule has 80 heavy (non-hydrogen) atoms. The molecule has 0 bridgehead atoms. The Labute approximate surface area is 507 Å². The lowest BCUT2D eigenvalue weighted by atomic mass is 9.73. The Morgan fingerprint density at radius 1 is 0.362 bits per heavy atom. The van der Waals surface area contributed by atoms with Gasteiger partial charge in [-0.15, -0.1) is 23.1 Å². The molecule has 0 aliphatic carbocycles. The van der Waals surface area contributed by atoms with Gasteiger partial charge in [-0.05, 0) is 80.4 Å².